The summed E-state index contributed by atoms with van der Waals surface area (Å²) in [7, 11) is 0. The van der Waals surface area contributed by atoms with Crippen molar-refractivity contribution in [3.05, 3.63) is 66.1 Å². The van der Waals surface area contributed by atoms with Gasteiger partial charge in [-0.2, -0.15) is 0 Å². The molecule has 4 rings (SSSR count). The van der Waals surface area contributed by atoms with Crippen LogP contribution in [-0.2, 0) is 0 Å². The Balaban J connectivity index is 1.44. The van der Waals surface area contributed by atoms with E-state index in [4.69, 9.17) is 4.74 Å². The van der Waals surface area contributed by atoms with Crippen molar-refractivity contribution in [2.24, 2.45) is 0 Å². The molecule has 0 saturated carbocycles. The van der Waals surface area contributed by atoms with Crippen LogP contribution in [0.5, 0.6) is 5.75 Å². The number of aromatic nitrogens is 2. The summed E-state index contributed by atoms with van der Waals surface area (Å²) < 4.78 is 5.99. The van der Waals surface area contributed by atoms with Gasteiger partial charge < -0.3 is 14.7 Å². The molecule has 1 fully saturated rings. The van der Waals surface area contributed by atoms with Gasteiger partial charge in [0.1, 0.15) is 18.0 Å². The van der Waals surface area contributed by atoms with Crippen molar-refractivity contribution in [2.75, 3.05) is 13.1 Å². The number of carbonyl (C=O) groups is 1. The van der Waals surface area contributed by atoms with Gasteiger partial charge in [-0.25, -0.2) is 0 Å². The zero-order valence-corrected chi connectivity index (χ0v) is 15.1. The van der Waals surface area contributed by atoms with E-state index >= 15 is 0 Å². The van der Waals surface area contributed by atoms with E-state index < -0.39 is 6.10 Å². The molecular weight excluding hydrogens is 342 g/mol. The Kier molecular flexibility index (Phi) is 4.73. The minimum atomic E-state index is -0.751. The third-order valence-corrected chi connectivity index (χ3v) is 4.91. The van der Waals surface area contributed by atoms with E-state index in [9.17, 15) is 9.90 Å². The van der Waals surface area contributed by atoms with Crippen molar-refractivity contribution < 1.29 is 14.6 Å². The quantitative estimate of drug-likeness (QED) is 0.774. The summed E-state index contributed by atoms with van der Waals surface area (Å²) in [4.78, 5) is 22.9. The van der Waals surface area contributed by atoms with Gasteiger partial charge in [0.25, 0.3) is 5.91 Å². The van der Waals surface area contributed by atoms with Gasteiger partial charge >= 0.3 is 0 Å². The van der Waals surface area contributed by atoms with Crippen molar-refractivity contribution in [1.82, 2.24) is 14.9 Å². The second kappa shape index (κ2) is 7.32. The van der Waals surface area contributed by atoms with Gasteiger partial charge in [0.2, 0.25) is 0 Å². The first kappa shape index (κ1) is 17.4. The molecule has 1 saturated heterocycles. The van der Waals surface area contributed by atoms with Gasteiger partial charge in [-0.15, -0.1) is 0 Å². The van der Waals surface area contributed by atoms with Crippen LogP contribution in [0.25, 0.3) is 10.9 Å². The fourth-order valence-electron chi connectivity index (χ4n) is 3.41. The largest absolute Gasteiger partial charge is 0.488 e. The van der Waals surface area contributed by atoms with Crippen LogP contribution < -0.4 is 4.74 Å². The molecule has 27 heavy (non-hydrogen) atoms. The predicted molar refractivity (Wildman–Crippen MR) is 102 cm³/mol. The Morgan fingerprint density at radius 1 is 1.19 bits per heavy atom. The van der Waals surface area contributed by atoms with Crippen molar-refractivity contribution in [1.29, 1.82) is 0 Å². The molecule has 138 valence electrons. The number of nitrogens with zero attached hydrogens (tertiary/aromatic N) is 3. The predicted octanol–water partition coefficient (Wildman–Crippen LogP) is 2.59. The molecule has 2 aromatic heterocycles. The molecule has 1 aromatic carbocycles. The number of amides is 1. The van der Waals surface area contributed by atoms with Crippen LogP contribution in [0.4, 0.5) is 0 Å². The van der Waals surface area contributed by atoms with E-state index in [1.807, 2.05) is 37.3 Å². The van der Waals surface area contributed by atoms with E-state index in [1.54, 1.807) is 29.4 Å². The van der Waals surface area contributed by atoms with Crippen molar-refractivity contribution in [3.63, 3.8) is 0 Å². The number of fused-ring (bicyclic) bond motifs is 1. The Labute approximate surface area is 157 Å². The van der Waals surface area contributed by atoms with Crippen molar-refractivity contribution in [3.8, 4) is 5.75 Å². The van der Waals surface area contributed by atoms with Crippen molar-refractivity contribution >= 4 is 16.8 Å². The Morgan fingerprint density at radius 3 is 2.81 bits per heavy atom. The van der Waals surface area contributed by atoms with E-state index in [0.29, 0.717) is 30.0 Å². The summed E-state index contributed by atoms with van der Waals surface area (Å²) in [6.45, 7) is 2.58. The molecule has 3 heterocycles. The standard InChI is InChI=1S/C21H21N3O3/c1-14-17(5-3-9-22-14)21(26)24-11-8-20(19(25)13-24)27-16-7-6-15-4-2-10-23-18(15)12-16/h2-7,9-10,12,19-20,25H,8,11,13H2,1H3/t19-,20-/m1/s1. The lowest BCUT2D eigenvalue weighted by atomic mass is 10.0. The van der Waals surface area contributed by atoms with Crippen LogP contribution in [0.2, 0.25) is 0 Å². The number of aliphatic hydroxyl groups excluding tert-OH is 1. The molecule has 1 N–H and O–H groups in total. The number of β-amino-alcohol motifs (C(OH)–C–C–N with tert-alkyl or cyclic N) is 1. The Bertz CT molecular complexity index is 976. The van der Waals surface area contributed by atoms with Crippen LogP contribution in [-0.4, -0.2) is 51.2 Å². The molecule has 0 spiro atoms. The van der Waals surface area contributed by atoms with Gasteiger partial charge in [-0.3, -0.25) is 14.8 Å². The lowest BCUT2D eigenvalue weighted by Gasteiger charge is -2.36. The minimum absolute atomic E-state index is 0.104. The second-order valence-corrected chi connectivity index (χ2v) is 6.76. The molecule has 1 aliphatic rings. The van der Waals surface area contributed by atoms with Crippen LogP contribution in [0.1, 0.15) is 22.5 Å². The third-order valence-electron chi connectivity index (χ3n) is 4.91. The first-order chi connectivity index (χ1) is 13.1. The maximum absolute atomic E-state index is 12.7. The number of carbonyl (C=O) groups excluding carboxylic acids is 1. The van der Waals surface area contributed by atoms with Crippen LogP contribution >= 0.6 is 0 Å². The lowest BCUT2D eigenvalue weighted by molar-refractivity contribution is -0.0198. The molecule has 0 bridgehead atoms. The Morgan fingerprint density at radius 2 is 2.00 bits per heavy atom. The second-order valence-electron chi connectivity index (χ2n) is 6.76. The van der Waals surface area contributed by atoms with Crippen LogP contribution in [0, 0.1) is 6.92 Å². The van der Waals surface area contributed by atoms with Crippen LogP contribution in [0.15, 0.2) is 54.9 Å². The smallest absolute Gasteiger partial charge is 0.255 e. The highest BCUT2D eigenvalue weighted by molar-refractivity contribution is 5.95. The summed E-state index contributed by atoms with van der Waals surface area (Å²) >= 11 is 0. The molecule has 0 aliphatic carbocycles. The van der Waals surface area contributed by atoms with E-state index in [0.717, 1.165) is 10.9 Å². The van der Waals surface area contributed by atoms with E-state index in [-0.39, 0.29) is 18.6 Å². The number of pyridine rings is 2. The first-order valence-electron chi connectivity index (χ1n) is 9.02. The van der Waals surface area contributed by atoms with Gasteiger partial charge in [-0.1, -0.05) is 6.07 Å². The number of benzene rings is 1. The number of ether oxygens (including phenoxy) is 1. The van der Waals surface area contributed by atoms with Crippen LogP contribution in [0.3, 0.4) is 0 Å². The molecule has 0 unspecified atom stereocenters. The third kappa shape index (κ3) is 3.61. The minimum Gasteiger partial charge on any atom is -0.488 e. The average molecular weight is 363 g/mol. The number of hydrogen-bond acceptors (Lipinski definition) is 5. The molecule has 1 amide bonds. The molecule has 6 heteroatoms. The monoisotopic (exact) mass is 363 g/mol. The fourth-order valence-corrected chi connectivity index (χ4v) is 3.41. The van der Waals surface area contributed by atoms with Gasteiger partial charge in [0, 0.05) is 42.5 Å². The maximum Gasteiger partial charge on any atom is 0.255 e. The Hall–Kier alpha value is -2.99. The van der Waals surface area contributed by atoms with E-state index in [2.05, 4.69) is 9.97 Å². The summed E-state index contributed by atoms with van der Waals surface area (Å²) in [5, 5.41) is 11.6. The number of aliphatic hydroxyl groups is 1. The highest BCUT2D eigenvalue weighted by Gasteiger charge is 2.32. The summed E-state index contributed by atoms with van der Waals surface area (Å²) in [6.07, 6.45) is 2.86. The van der Waals surface area contributed by atoms with Gasteiger partial charge in [-0.05, 0) is 37.3 Å². The molecule has 0 radical (unpaired) electrons. The number of rotatable bonds is 3. The molecule has 2 atom stereocenters. The summed E-state index contributed by atoms with van der Waals surface area (Å²) in [5.74, 6) is 0.570. The zero-order valence-electron chi connectivity index (χ0n) is 15.1. The number of likely N-dealkylation sites (tertiary alicyclic amines) is 1. The highest BCUT2D eigenvalue weighted by Crippen LogP contribution is 2.24. The molecule has 6 nitrogen and oxygen atoms in total. The summed E-state index contributed by atoms with van der Waals surface area (Å²) in [5.41, 5.74) is 2.12. The van der Waals surface area contributed by atoms with Gasteiger partial charge in [0.15, 0.2) is 0 Å². The number of aryl methyl sites for hydroxylation is 1. The number of hydrogen-bond donors (Lipinski definition) is 1. The molecular formula is C21H21N3O3. The summed E-state index contributed by atoms with van der Waals surface area (Å²) in [6, 6.07) is 13.1. The lowest BCUT2D eigenvalue weighted by Crippen LogP contribution is -2.51. The first-order valence-corrected chi connectivity index (χ1v) is 9.02. The molecule has 3 aromatic rings. The van der Waals surface area contributed by atoms with Gasteiger partial charge in [0.05, 0.1) is 17.6 Å². The number of piperidine rings is 1. The maximum atomic E-state index is 12.7. The topological polar surface area (TPSA) is 75.6 Å². The normalized spacial score (nSPS) is 19.9. The highest BCUT2D eigenvalue weighted by atomic mass is 16.5. The average Bonchev–Trinajstić information content (AvgIpc) is 2.69. The SMILES string of the molecule is Cc1ncccc1C(=O)N1CC[C@@H](Oc2ccc3cccnc3c2)[C@H](O)C1. The fraction of sp³-hybridized carbons (Fsp3) is 0.286. The van der Waals surface area contributed by atoms with Crippen molar-refractivity contribution in [2.45, 2.75) is 25.6 Å². The molecule has 1 aliphatic heterocycles. The zero-order chi connectivity index (χ0) is 18.8. The van der Waals surface area contributed by atoms with E-state index in [1.165, 1.54) is 0 Å².